The van der Waals surface area contributed by atoms with Crippen molar-refractivity contribution < 1.29 is 14.3 Å². The lowest BCUT2D eigenvalue weighted by molar-refractivity contribution is -0.113. The Hall–Kier alpha value is -1.49. The normalized spacial score (nSPS) is 14.1. The van der Waals surface area contributed by atoms with E-state index in [4.69, 9.17) is 0 Å². The number of benzene rings is 1. The number of rotatable bonds is 1. The molecule has 1 aromatic carbocycles. The zero-order valence-electron chi connectivity index (χ0n) is 8.07. The molecule has 1 amide bonds. The molecule has 0 fully saturated rings. The lowest BCUT2D eigenvalue weighted by Gasteiger charge is -2.16. The Kier molecular flexibility index (Phi) is 2.64. The Morgan fingerprint density at radius 3 is 3.07 bits per heavy atom. The second-order valence-corrected chi connectivity index (χ2v) is 4.06. The van der Waals surface area contributed by atoms with Crippen molar-refractivity contribution in [1.29, 1.82) is 0 Å². The number of carbonyl (C=O) groups is 2. The van der Waals surface area contributed by atoms with Crippen molar-refractivity contribution in [1.82, 2.24) is 0 Å². The minimum absolute atomic E-state index is 0.0154. The average Bonchev–Trinajstić information content (AvgIpc) is 2.27. The van der Waals surface area contributed by atoms with Crippen LogP contribution in [0.1, 0.15) is 10.4 Å². The van der Waals surface area contributed by atoms with Crippen LogP contribution in [0.4, 0.5) is 5.69 Å². The summed E-state index contributed by atoms with van der Waals surface area (Å²) in [6.45, 7) is 0. The predicted octanol–water partition coefficient (Wildman–Crippen LogP) is 1.52. The summed E-state index contributed by atoms with van der Waals surface area (Å²) in [4.78, 5) is 23.2. The molecule has 0 saturated heterocycles. The molecule has 0 spiro atoms. The minimum Gasteiger partial charge on any atom is -0.465 e. The fourth-order valence-corrected chi connectivity index (χ4v) is 2.16. The molecular formula is C10H9NO3S. The van der Waals surface area contributed by atoms with Crippen LogP contribution in [0.5, 0.6) is 0 Å². The minimum atomic E-state index is -0.365. The van der Waals surface area contributed by atoms with Gasteiger partial charge in [0.2, 0.25) is 5.91 Å². The number of nitrogens with one attached hydrogen (secondary N) is 1. The van der Waals surface area contributed by atoms with Gasteiger partial charge in [-0.25, -0.2) is 4.79 Å². The van der Waals surface area contributed by atoms with E-state index in [1.54, 1.807) is 18.2 Å². The summed E-state index contributed by atoms with van der Waals surface area (Å²) in [5.74, 6) is 0.00562. The molecule has 5 heteroatoms. The number of amides is 1. The molecule has 0 saturated carbocycles. The van der Waals surface area contributed by atoms with Crippen LogP contribution in [0.3, 0.4) is 0 Å². The number of hydrogen-bond donors (Lipinski definition) is 1. The smallest absolute Gasteiger partial charge is 0.337 e. The van der Waals surface area contributed by atoms with Crippen LogP contribution in [0.15, 0.2) is 23.1 Å². The molecule has 0 unspecified atom stereocenters. The number of thioether (sulfide) groups is 1. The topological polar surface area (TPSA) is 55.4 Å². The number of fused-ring (bicyclic) bond motifs is 1. The van der Waals surface area contributed by atoms with Crippen molar-refractivity contribution in [3.8, 4) is 0 Å². The van der Waals surface area contributed by atoms with Crippen molar-refractivity contribution in [3.05, 3.63) is 23.8 Å². The standard InChI is InChI=1S/C10H9NO3S/c1-14-10(13)6-2-3-7-8(4-6)15-5-9(12)11-7/h2-4H,5H2,1H3,(H,11,12). The Morgan fingerprint density at radius 2 is 2.33 bits per heavy atom. The number of anilines is 1. The Balaban J connectivity index is 2.34. The highest BCUT2D eigenvalue weighted by Gasteiger charge is 2.17. The van der Waals surface area contributed by atoms with Gasteiger partial charge in [0.1, 0.15) is 0 Å². The third-order valence-corrected chi connectivity index (χ3v) is 3.09. The largest absolute Gasteiger partial charge is 0.465 e. The van der Waals surface area contributed by atoms with Crippen molar-refractivity contribution in [2.24, 2.45) is 0 Å². The van der Waals surface area contributed by atoms with E-state index in [9.17, 15) is 9.59 Å². The molecule has 1 aromatic rings. The first kappa shape index (κ1) is 10.0. The summed E-state index contributed by atoms with van der Waals surface area (Å²) in [5.41, 5.74) is 1.25. The molecule has 1 aliphatic heterocycles. The van der Waals surface area contributed by atoms with Gasteiger partial charge < -0.3 is 10.1 Å². The van der Waals surface area contributed by atoms with Crippen LogP contribution in [0, 0.1) is 0 Å². The predicted molar refractivity (Wildman–Crippen MR) is 57.1 cm³/mol. The zero-order chi connectivity index (χ0) is 10.8. The highest BCUT2D eigenvalue weighted by atomic mass is 32.2. The summed E-state index contributed by atoms with van der Waals surface area (Å²) in [5, 5.41) is 2.73. The highest BCUT2D eigenvalue weighted by Crippen LogP contribution is 2.32. The average molecular weight is 223 g/mol. The summed E-state index contributed by atoms with van der Waals surface area (Å²) >= 11 is 1.42. The molecule has 1 heterocycles. The van der Waals surface area contributed by atoms with E-state index >= 15 is 0 Å². The number of methoxy groups -OCH3 is 1. The van der Waals surface area contributed by atoms with Crippen LogP contribution < -0.4 is 5.32 Å². The van der Waals surface area contributed by atoms with Gasteiger partial charge in [0.05, 0.1) is 24.1 Å². The molecule has 0 atom stereocenters. The van der Waals surface area contributed by atoms with Crippen molar-refractivity contribution in [2.45, 2.75) is 4.90 Å². The number of esters is 1. The van der Waals surface area contributed by atoms with E-state index in [2.05, 4.69) is 10.1 Å². The number of carbonyl (C=O) groups excluding carboxylic acids is 2. The quantitative estimate of drug-likeness (QED) is 0.733. The molecule has 0 aliphatic carbocycles. The molecule has 4 nitrogen and oxygen atoms in total. The Labute approximate surface area is 91.0 Å². The summed E-state index contributed by atoms with van der Waals surface area (Å²) in [6.07, 6.45) is 0. The molecular weight excluding hydrogens is 214 g/mol. The van der Waals surface area contributed by atoms with Crippen LogP contribution in [0.2, 0.25) is 0 Å². The van der Waals surface area contributed by atoms with Gasteiger partial charge in [-0.15, -0.1) is 11.8 Å². The van der Waals surface area contributed by atoms with E-state index in [1.165, 1.54) is 18.9 Å². The molecule has 0 radical (unpaired) electrons. The first-order chi connectivity index (χ1) is 7.20. The third-order valence-electron chi connectivity index (χ3n) is 2.04. The zero-order valence-corrected chi connectivity index (χ0v) is 8.89. The van der Waals surface area contributed by atoms with E-state index < -0.39 is 0 Å². The van der Waals surface area contributed by atoms with Crippen LogP contribution in [-0.2, 0) is 9.53 Å². The van der Waals surface area contributed by atoms with Crippen LogP contribution >= 0.6 is 11.8 Å². The first-order valence-corrected chi connectivity index (χ1v) is 5.34. The first-order valence-electron chi connectivity index (χ1n) is 4.36. The van der Waals surface area contributed by atoms with E-state index in [0.717, 1.165) is 10.6 Å². The van der Waals surface area contributed by atoms with Gasteiger partial charge in [-0.05, 0) is 18.2 Å². The van der Waals surface area contributed by atoms with Crippen LogP contribution in [0.25, 0.3) is 0 Å². The third kappa shape index (κ3) is 1.97. The van der Waals surface area contributed by atoms with Crippen molar-refractivity contribution in [2.75, 3.05) is 18.2 Å². The van der Waals surface area contributed by atoms with Crippen molar-refractivity contribution in [3.63, 3.8) is 0 Å². The summed E-state index contributed by atoms with van der Waals surface area (Å²) in [6, 6.07) is 5.08. The summed E-state index contributed by atoms with van der Waals surface area (Å²) in [7, 11) is 1.34. The van der Waals surface area contributed by atoms with Crippen molar-refractivity contribution >= 4 is 29.3 Å². The molecule has 1 aliphatic rings. The fraction of sp³-hybridized carbons (Fsp3) is 0.200. The fourth-order valence-electron chi connectivity index (χ4n) is 1.32. The van der Waals surface area contributed by atoms with E-state index in [0.29, 0.717) is 11.3 Å². The van der Waals surface area contributed by atoms with Gasteiger partial charge in [-0.2, -0.15) is 0 Å². The molecule has 0 aromatic heterocycles. The van der Waals surface area contributed by atoms with Gasteiger partial charge >= 0.3 is 5.97 Å². The molecule has 0 bridgehead atoms. The highest BCUT2D eigenvalue weighted by molar-refractivity contribution is 8.00. The summed E-state index contributed by atoms with van der Waals surface area (Å²) < 4.78 is 4.61. The monoisotopic (exact) mass is 223 g/mol. The van der Waals surface area contributed by atoms with Gasteiger partial charge in [0.25, 0.3) is 0 Å². The maximum Gasteiger partial charge on any atom is 0.337 e. The number of ether oxygens (including phenoxy) is 1. The Bertz CT molecular complexity index is 431. The Morgan fingerprint density at radius 1 is 1.53 bits per heavy atom. The lowest BCUT2D eigenvalue weighted by Crippen LogP contribution is -2.18. The van der Waals surface area contributed by atoms with Gasteiger partial charge in [0, 0.05) is 4.90 Å². The van der Waals surface area contributed by atoms with Gasteiger partial charge in [0.15, 0.2) is 0 Å². The van der Waals surface area contributed by atoms with Gasteiger partial charge in [-0.3, -0.25) is 4.79 Å². The second kappa shape index (κ2) is 3.94. The SMILES string of the molecule is COC(=O)c1ccc2c(c1)SCC(=O)N2. The van der Waals surface area contributed by atoms with E-state index in [1.807, 2.05) is 0 Å². The maximum absolute atomic E-state index is 11.2. The molecule has 1 N–H and O–H groups in total. The molecule has 2 rings (SSSR count). The van der Waals surface area contributed by atoms with E-state index in [-0.39, 0.29) is 11.9 Å². The molecule has 78 valence electrons. The maximum atomic E-state index is 11.2. The van der Waals surface area contributed by atoms with Gasteiger partial charge in [-0.1, -0.05) is 0 Å². The van der Waals surface area contributed by atoms with Crippen LogP contribution in [-0.4, -0.2) is 24.7 Å². The number of hydrogen-bond acceptors (Lipinski definition) is 4. The lowest BCUT2D eigenvalue weighted by atomic mass is 10.2. The second-order valence-electron chi connectivity index (χ2n) is 3.04. The molecule has 15 heavy (non-hydrogen) atoms.